The molecule has 2 rings (SSSR count). The van der Waals surface area contributed by atoms with Crippen molar-refractivity contribution in [1.29, 1.82) is 0 Å². The average Bonchev–Trinajstić information content (AvgIpc) is 2.30. The lowest BCUT2D eigenvalue weighted by Crippen LogP contribution is -2.26. The van der Waals surface area contributed by atoms with Crippen molar-refractivity contribution in [3.8, 4) is 0 Å². The van der Waals surface area contributed by atoms with Crippen LogP contribution in [0, 0.1) is 19.8 Å². The van der Waals surface area contributed by atoms with E-state index in [2.05, 4.69) is 49.5 Å². The van der Waals surface area contributed by atoms with Crippen LogP contribution in [0.25, 0.3) is 6.08 Å². The number of benzene rings is 1. The summed E-state index contributed by atoms with van der Waals surface area (Å²) < 4.78 is 0. The van der Waals surface area contributed by atoms with E-state index in [1.807, 2.05) is 0 Å². The molecular weight excluding hydrogens is 194 g/mol. The van der Waals surface area contributed by atoms with Gasteiger partial charge in [-0.05, 0) is 62.4 Å². The molecule has 0 saturated carbocycles. The van der Waals surface area contributed by atoms with Gasteiger partial charge in [0.1, 0.15) is 0 Å². The number of nitrogens with one attached hydrogen (secondary N) is 1. The molecule has 0 atom stereocenters. The molecule has 1 aromatic rings. The zero-order valence-corrected chi connectivity index (χ0v) is 10.3. The first kappa shape index (κ1) is 11.4. The van der Waals surface area contributed by atoms with Crippen molar-refractivity contribution in [2.45, 2.75) is 26.7 Å². The normalized spacial score (nSPS) is 18.1. The fraction of sp³-hybridized carbons (Fsp3) is 0.467. The van der Waals surface area contributed by atoms with Crippen LogP contribution in [-0.4, -0.2) is 13.1 Å². The van der Waals surface area contributed by atoms with E-state index in [9.17, 15) is 0 Å². The van der Waals surface area contributed by atoms with E-state index < -0.39 is 0 Å². The van der Waals surface area contributed by atoms with Gasteiger partial charge in [-0.15, -0.1) is 0 Å². The predicted octanol–water partition coefficient (Wildman–Crippen LogP) is 3.32. The molecule has 0 unspecified atom stereocenters. The van der Waals surface area contributed by atoms with Crippen LogP contribution in [0.2, 0.25) is 0 Å². The summed E-state index contributed by atoms with van der Waals surface area (Å²) >= 11 is 0. The molecule has 1 N–H and O–H groups in total. The molecule has 1 heteroatoms. The van der Waals surface area contributed by atoms with Crippen LogP contribution in [0.5, 0.6) is 0 Å². The molecule has 16 heavy (non-hydrogen) atoms. The second-order valence-electron chi connectivity index (χ2n) is 4.75. The summed E-state index contributed by atoms with van der Waals surface area (Å²) in [5, 5.41) is 3.40. The van der Waals surface area contributed by atoms with Crippen LogP contribution >= 0.6 is 0 Å². The van der Waals surface area contributed by atoms with Crippen LogP contribution in [0.3, 0.4) is 0 Å². The third-order valence-electron chi connectivity index (χ3n) is 3.46. The van der Waals surface area contributed by atoms with Crippen molar-refractivity contribution >= 4 is 6.08 Å². The Kier molecular flexibility index (Phi) is 3.79. The molecule has 1 aliphatic heterocycles. The summed E-state index contributed by atoms with van der Waals surface area (Å²) in [6, 6.07) is 6.51. The first-order valence-electron chi connectivity index (χ1n) is 6.22. The molecule has 0 spiro atoms. The van der Waals surface area contributed by atoms with Gasteiger partial charge in [-0.2, -0.15) is 0 Å². The molecule has 0 bridgehead atoms. The standard InChI is InChI=1S/C15H21N/c1-12-4-3-5-13(2)15(12)7-6-14-8-10-16-11-9-14/h3-7,14,16H,8-11H2,1-2H3. The zero-order valence-electron chi connectivity index (χ0n) is 10.3. The number of piperidine rings is 1. The molecule has 1 saturated heterocycles. The Morgan fingerprint density at radius 3 is 2.38 bits per heavy atom. The van der Waals surface area contributed by atoms with Crippen molar-refractivity contribution in [1.82, 2.24) is 5.32 Å². The van der Waals surface area contributed by atoms with Crippen LogP contribution in [0.15, 0.2) is 24.3 Å². The number of rotatable bonds is 2. The van der Waals surface area contributed by atoms with Crippen LogP contribution in [0.1, 0.15) is 29.5 Å². The molecule has 1 nitrogen and oxygen atoms in total. The van der Waals surface area contributed by atoms with Crippen molar-refractivity contribution in [3.63, 3.8) is 0 Å². The van der Waals surface area contributed by atoms with E-state index in [0.29, 0.717) is 0 Å². The maximum Gasteiger partial charge on any atom is -0.00433 e. The third-order valence-corrected chi connectivity index (χ3v) is 3.46. The lowest BCUT2D eigenvalue weighted by atomic mass is 9.95. The fourth-order valence-electron chi connectivity index (χ4n) is 2.36. The highest BCUT2D eigenvalue weighted by Gasteiger charge is 2.09. The average molecular weight is 215 g/mol. The van der Waals surface area contributed by atoms with Crippen molar-refractivity contribution < 1.29 is 0 Å². The Morgan fingerprint density at radius 2 is 1.75 bits per heavy atom. The molecule has 1 fully saturated rings. The molecule has 0 aromatic heterocycles. The minimum absolute atomic E-state index is 0.764. The second-order valence-corrected chi connectivity index (χ2v) is 4.75. The van der Waals surface area contributed by atoms with Crippen molar-refractivity contribution in [3.05, 3.63) is 41.0 Å². The number of aryl methyl sites for hydroxylation is 2. The van der Waals surface area contributed by atoms with Crippen molar-refractivity contribution in [2.75, 3.05) is 13.1 Å². The van der Waals surface area contributed by atoms with Crippen LogP contribution in [0.4, 0.5) is 0 Å². The maximum atomic E-state index is 3.40. The van der Waals surface area contributed by atoms with Gasteiger partial charge in [0.2, 0.25) is 0 Å². The lowest BCUT2D eigenvalue weighted by Gasteiger charge is -2.19. The lowest BCUT2D eigenvalue weighted by molar-refractivity contribution is 0.438. The van der Waals surface area contributed by atoms with Gasteiger partial charge in [0.15, 0.2) is 0 Å². The van der Waals surface area contributed by atoms with Gasteiger partial charge in [0.05, 0.1) is 0 Å². The second kappa shape index (κ2) is 5.31. The summed E-state index contributed by atoms with van der Waals surface area (Å²) in [7, 11) is 0. The molecular formula is C15H21N. The van der Waals surface area contributed by atoms with E-state index in [-0.39, 0.29) is 0 Å². The van der Waals surface area contributed by atoms with Crippen molar-refractivity contribution in [2.24, 2.45) is 5.92 Å². The van der Waals surface area contributed by atoms with Crippen LogP contribution < -0.4 is 5.32 Å². The summed E-state index contributed by atoms with van der Waals surface area (Å²) in [6.07, 6.45) is 7.28. The van der Waals surface area contributed by atoms with E-state index in [1.165, 1.54) is 42.6 Å². The zero-order chi connectivity index (χ0) is 11.4. The number of hydrogen-bond donors (Lipinski definition) is 1. The summed E-state index contributed by atoms with van der Waals surface area (Å²) in [5.74, 6) is 0.764. The van der Waals surface area contributed by atoms with E-state index in [4.69, 9.17) is 0 Å². The SMILES string of the molecule is Cc1cccc(C)c1C=CC1CCNCC1. The van der Waals surface area contributed by atoms with Gasteiger partial charge in [-0.25, -0.2) is 0 Å². The Hall–Kier alpha value is -1.08. The summed E-state index contributed by atoms with van der Waals surface area (Å²) in [5.41, 5.74) is 4.16. The Labute approximate surface area is 98.6 Å². The highest BCUT2D eigenvalue weighted by atomic mass is 14.9. The number of hydrogen-bond acceptors (Lipinski definition) is 1. The highest BCUT2D eigenvalue weighted by Crippen LogP contribution is 2.19. The molecule has 86 valence electrons. The van der Waals surface area contributed by atoms with Gasteiger partial charge in [0, 0.05) is 0 Å². The predicted molar refractivity (Wildman–Crippen MR) is 70.5 cm³/mol. The van der Waals surface area contributed by atoms with E-state index >= 15 is 0 Å². The summed E-state index contributed by atoms with van der Waals surface area (Å²) in [6.45, 7) is 6.72. The number of allylic oxidation sites excluding steroid dienone is 1. The first-order chi connectivity index (χ1) is 7.77. The Balaban J connectivity index is 2.10. The quantitative estimate of drug-likeness (QED) is 0.798. The third kappa shape index (κ3) is 2.73. The van der Waals surface area contributed by atoms with Gasteiger partial charge in [-0.1, -0.05) is 30.4 Å². The molecule has 1 heterocycles. The van der Waals surface area contributed by atoms with E-state index in [0.717, 1.165) is 5.92 Å². The molecule has 0 amide bonds. The van der Waals surface area contributed by atoms with Gasteiger partial charge in [0.25, 0.3) is 0 Å². The molecule has 1 aliphatic rings. The Morgan fingerprint density at radius 1 is 1.12 bits per heavy atom. The minimum atomic E-state index is 0.764. The molecule has 1 aromatic carbocycles. The molecule has 0 aliphatic carbocycles. The highest BCUT2D eigenvalue weighted by molar-refractivity contribution is 5.57. The summed E-state index contributed by atoms with van der Waals surface area (Å²) in [4.78, 5) is 0. The largest absolute Gasteiger partial charge is 0.317 e. The monoisotopic (exact) mass is 215 g/mol. The fourth-order valence-corrected chi connectivity index (χ4v) is 2.36. The van der Waals surface area contributed by atoms with E-state index in [1.54, 1.807) is 0 Å². The minimum Gasteiger partial charge on any atom is -0.317 e. The Bertz CT molecular complexity index is 353. The maximum absolute atomic E-state index is 3.40. The van der Waals surface area contributed by atoms with Gasteiger partial charge in [-0.3, -0.25) is 0 Å². The van der Waals surface area contributed by atoms with Gasteiger partial charge < -0.3 is 5.32 Å². The molecule has 0 radical (unpaired) electrons. The first-order valence-corrected chi connectivity index (χ1v) is 6.22. The smallest absolute Gasteiger partial charge is 0.00433 e. The van der Waals surface area contributed by atoms with Gasteiger partial charge >= 0.3 is 0 Å². The topological polar surface area (TPSA) is 12.0 Å². The van der Waals surface area contributed by atoms with Crippen LogP contribution in [-0.2, 0) is 0 Å².